The summed E-state index contributed by atoms with van der Waals surface area (Å²) in [5.41, 5.74) is -2.02. The molecule has 0 aliphatic carbocycles. The Kier molecular flexibility index (Phi) is 9.88. The fraction of sp³-hybridized carbons (Fsp3) is 0.273. The van der Waals surface area contributed by atoms with Gasteiger partial charge >= 0.3 is 18.5 Å². The first-order valence-electron chi connectivity index (χ1n) is 10.2. The predicted molar refractivity (Wildman–Crippen MR) is 117 cm³/mol. The standard InChI is InChI=1S/C22H13Cl2F11N2O2/c23-14-6-10(7-15(24)18(14)26)12(21(30,31)32)8-16(25)9-1-2-11(13(5-9)22(33,34)35)19(39)37-36-17(38)3-4-20(27,28)29/h1-2,5-8,12H,3-4H2,(H,36,38)(H,37,39). The Morgan fingerprint density at radius 2 is 1.46 bits per heavy atom. The van der Waals surface area contributed by atoms with Gasteiger partial charge in [0.1, 0.15) is 11.7 Å². The van der Waals surface area contributed by atoms with Crippen LogP contribution in [-0.4, -0.2) is 24.2 Å². The molecule has 0 bridgehead atoms. The first-order valence-corrected chi connectivity index (χ1v) is 10.9. The fourth-order valence-corrected chi connectivity index (χ4v) is 3.52. The molecular formula is C22H13Cl2F11N2O2. The van der Waals surface area contributed by atoms with Gasteiger partial charge in [-0.05, 0) is 35.9 Å². The molecule has 2 amide bonds. The third-order valence-electron chi connectivity index (χ3n) is 4.83. The largest absolute Gasteiger partial charge is 0.417 e. The van der Waals surface area contributed by atoms with Gasteiger partial charge in [-0.1, -0.05) is 29.3 Å². The van der Waals surface area contributed by atoms with Crippen LogP contribution in [-0.2, 0) is 11.0 Å². The fourth-order valence-electron chi connectivity index (χ4n) is 3.01. The summed E-state index contributed by atoms with van der Waals surface area (Å²) in [5.74, 6) is -8.97. The van der Waals surface area contributed by atoms with Crippen LogP contribution in [0, 0.1) is 5.82 Å². The van der Waals surface area contributed by atoms with Gasteiger partial charge in [0.05, 0.1) is 27.6 Å². The van der Waals surface area contributed by atoms with E-state index in [2.05, 4.69) is 0 Å². The van der Waals surface area contributed by atoms with Crippen molar-refractivity contribution in [3.8, 4) is 0 Å². The lowest BCUT2D eigenvalue weighted by atomic mass is 9.95. The van der Waals surface area contributed by atoms with E-state index < -0.39 is 93.0 Å². The van der Waals surface area contributed by atoms with E-state index in [9.17, 15) is 57.9 Å². The molecule has 214 valence electrons. The second kappa shape index (κ2) is 12.0. The van der Waals surface area contributed by atoms with E-state index in [0.717, 1.165) is 0 Å². The van der Waals surface area contributed by atoms with Crippen molar-refractivity contribution in [1.29, 1.82) is 0 Å². The topological polar surface area (TPSA) is 58.2 Å². The normalized spacial score (nSPS) is 13.7. The maximum absolute atomic E-state index is 14.8. The van der Waals surface area contributed by atoms with Gasteiger partial charge in [-0.15, -0.1) is 0 Å². The summed E-state index contributed by atoms with van der Waals surface area (Å²) in [6.45, 7) is 0. The molecule has 0 saturated heterocycles. The molecule has 2 aromatic carbocycles. The summed E-state index contributed by atoms with van der Waals surface area (Å²) >= 11 is 11.0. The SMILES string of the molecule is O=C(CCC(F)(F)F)NNC(=O)c1ccc(C(F)=CC(c2cc(Cl)c(F)c(Cl)c2)C(F)(F)F)cc1C(F)(F)F. The summed E-state index contributed by atoms with van der Waals surface area (Å²) in [4.78, 5) is 23.5. The highest BCUT2D eigenvalue weighted by Crippen LogP contribution is 2.41. The summed E-state index contributed by atoms with van der Waals surface area (Å²) in [6, 6.07) is 1.89. The van der Waals surface area contributed by atoms with Crippen LogP contribution in [0.25, 0.3) is 5.83 Å². The molecule has 0 aliphatic heterocycles. The molecule has 0 aliphatic rings. The summed E-state index contributed by atoms with van der Waals surface area (Å²) < 4.78 is 146. The van der Waals surface area contributed by atoms with Gasteiger partial charge in [0.2, 0.25) is 5.91 Å². The molecule has 0 spiro atoms. The highest BCUT2D eigenvalue weighted by atomic mass is 35.5. The van der Waals surface area contributed by atoms with Crippen molar-refractivity contribution in [2.45, 2.75) is 37.3 Å². The average Bonchev–Trinajstić information content (AvgIpc) is 2.80. The number of alkyl halides is 9. The quantitative estimate of drug-likeness (QED) is 0.197. The summed E-state index contributed by atoms with van der Waals surface area (Å²) in [5, 5.41) is -1.67. The number of allylic oxidation sites excluding steroid dienone is 1. The van der Waals surface area contributed by atoms with Gasteiger partial charge in [-0.3, -0.25) is 20.4 Å². The van der Waals surface area contributed by atoms with Crippen LogP contribution in [0.3, 0.4) is 0 Å². The van der Waals surface area contributed by atoms with Crippen LogP contribution in [0.5, 0.6) is 0 Å². The highest BCUT2D eigenvalue weighted by Gasteiger charge is 2.41. The molecule has 1 unspecified atom stereocenters. The van der Waals surface area contributed by atoms with E-state index in [1.807, 2.05) is 0 Å². The van der Waals surface area contributed by atoms with E-state index in [1.54, 1.807) is 0 Å². The van der Waals surface area contributed by atoms with E-state index in [4.69, 9.17) is 23.2 Å². The second-order valence-electron chi connectivity index (χ2n) is 7.71. The Balaban J connectivity index is 2.41. The molecule has 4 nitrogen and oxygen atoms in total. The van der Waals surface area contributed by atoms with Gasteiger partial charge in [-0.25, -0.2) is 8.78 Å². The zero-order chi connectivity index (χ0) is 29.9. The van der Waals surface area contributed by atoms with Crippen molar-refractivity contribution < 1.29 is 57.9 Å². The number of hydrazine groups is 1. The van der Waals surface area contributed by atoms with E-state index in [-0.39, 0.29) is 12.1 Å². The minimum atomic E-state index is -5.37. The first kappa shape index (κ1) is 32.1. The van der Waals surface area contributed by atoms with E-state index >= 15 is 0 Å². The maximum atomic E-state index is 14.8. The molecular weight excluding hydrogens is 604 g/mol. The molecule has 39 heavy (non-hydrogen) atoms. The molecule has 2 rings (SSSR count). The third-order valence-corrected chi connectivity index (χ3v) is 5.38. The highest BCUT2D eigenvalue weighted by molar-refractivity contribution is 6.35. The maximum Gasteiger partial charge on any atom is 0.417 e. The smallest absolute Gasteiger partial charge is 0.273 e. The van der Waals surface area contributed by atoms with Crippen LogP contribution in [0.1, 0.15) is 45.8 Å². The van der Waals surface area contributed by atoms with Gasteiger partial charge in [0.25, 0.3) is 5.91 Å². The van der Waals surface area contributed by atoms with Crippen molar-refractivity contribution >= 4 is 40.8 Å². The Labute approximate surface area is 221 Å². The number of carbonyl (C=O) groups excluding carboxylic acids is 2. The van der Waals surface area contributed by atoms with Crippen molar-refractivity contribution in [2.24, 2.45) is 0 Å². The van der Waals surface area contributed by atoms with Crippen LogP contribution >= 0.6 is 23.2 Å². The molecule has 2 aromatic rings. The lowest BCUT2D eigenvalue weighted by Gasteiger charge is -2.19. The lowest BCUT2D eigenvalue weighted by Crippen LogP contribution is -2.42. The molecule has 17 heteroatoms. The number of nitrogens with one attached hydrogen (secondary N) is 2. The van der Waals surface area contributed by atoms with E-state index in [1.165, 1.54) is 10.9 Å². The molecule has 0 heterocycles. The number of hydrogen-bond acceptors (Lipinski definition) is 2. The summed E-state index contributed by atoms with van der Waals surface area (Å²) in [7, 11) is 0. The van der Waals surface area contributed by atoms with Crippen molar-refractivity contribution in [3.05, 3.63) is 74.5 Å². The van der Waals surface area contributed by atoms with Crippen molar-refractivity contribution in [1.82, 2.24) is 10.9 Å². The first-order chi connectivity index (χ1) is 17.7. The predicted octanol–water partition coefficient (Wildman–Crippen LogP) is 7.91. The molecule has 0 fully saturated rings. The number of benzene rings is 2. The number of halogens is 13. The van der Waals surface area contributed by atoms with E-state index in [0.29, 0.717) is 24.3 Å². The number of hydrogen-bond donors (Lipinski definition) is 2. The van der Waals surface area contributed by atoms with Gasteiger partial charge < -0.3 is 0 Å². The third kappa shape index (κ3) is 8.98. The Bertz CT molecular complexity index is 1250. The number of amides is 2. The van der Waals surface area contributed by atoms with Crippen molar-refractivity contribution in [2.75, 3.05) is 0 Å². The Morgan fingerprint density at radius 3 is 1.95 bits per heavy atom. The average molecular weight is 617 g/mol. The van der Waals surface area contributed by atoms with Crippen molar-refractivity contribution in [3.63, 3.8) is 0 Å². The molecule has 0 aromatic heterocycles. The van der Waals surface area contributed by atoms with Gasteiger partial charge in [0, 0.05) is 12.0 Å². The number of rotatable bonds is 6. The zero-order valence-electron chi connectivity index (χ0n) is 18.7. The molecule has 0 saturated carbocycles. The van der Waals surface area contributed by atoms with Crippen LogP contribution < -0.4 is 10.9 Å². The molecule has 2 N–H and O–H groups in total. The van der Waals surface area contributed by atoms with Gasteiger partial charge in [0.15, 0.2) is 5.82 Å². The second-order valence-corrected chi connectivity index (χ2v) is 8.52. The minimum Gasteiger partial charge on any atom is -0.273 e. The minimum absolute atomic E-state index is 0.00424. The zero-order valence-corrected chi connectivity index (χ0v) is 20.2. The van der Waals surface area contributed by atoms with Crippen LogP contribution in [0.4, 0.5) is 48.3 Å². The lowest BCUT2D eigenvalue weighted by molar-refractivity contribution is -0.144. The Hall–Kier alpha value is -3.07. The number of carbonyl (C=O) groups is 2. The van der Waals surface area contributed by atoms with Crippen LogP contribution in [0.15, 0.2) is 36.4 Å². The Morgan fingerprint density at radius 1 is 0.897 bits per heavy atom. The molecule has 1 atom stereocenters. The monoisotopic (exact) mass is 616 g/mol. The van der Waals surface area contributed by atoms with Gasteiger partial charge in [-0.2, -0.15) is 39.5 Å². The van der Waals surface area contributed by atoms with Crippen LogP contribution in [0.2, 0.25) is 10.0 Å². The summed E-state index contributed by atoms with van der Waals surface area (Å²) in [6.07, 6.45) is -18.2. The molecule has 0 radical (unpaired) electrons.